The third-order valence-corrected chi connectivity index (χ3v) is 12.7. The van der Waals surface area contributed by atoms with Gasteiger partial charge in [-0.05, 0) is 135 Å². The first kappa shape index (κ1) is 89.1. The van der Waals surface area contributed by atoms with Gasteiger partial charge in [0.05, 0.1) is 49.2 Å². The molecular weight excluding hydrogens is 1120 g/mol. The Bertz CT molecular complexity index is 1820. The fourth-order valence-corrected chi connectivity index (χ4v) is 7.87. The molecule has 0 bridgehead atoms. The molecule has 13 N–H and O–H groups in total. The van der Waals surface area contributed by atoms with Crippen LogP contribution >= 0.6 is 0 Å². The first-order valence-corrected chi connectivity index (χ1v) is 29.5. The van der Waals surface area contributed by atoms with E-state index in [1.807, 2.05) is 102 Å². The number of likely N-dealkylation sites (N-methyl/N-ethyl adjacent to an activating group) is 1. The second kappa shape index (κ2) is 54.8. The molecule has 2 aliphatic carbocycles. The van der Waals surface area contributed by atoms with E-state index in [-0.39, 0.29) is 75.5 Å². The van der Waals surface area contributed by atoms with Gasteiger partial charge in [-0.25, -0.2) is 14.2 Å². The molecule has 3 rings (SSSR count). The number of alkyl carbamates (subject to hydrolysis) is 2. The standard InChI is InChI=1S/C24H44N4O4.C16H26N4O3.C10H19NO2.C4H10.2C2H6.CH3NO.CH4N.Y/c1-7-13-28(6,26)21-11-9-18-17(8-10-20(21)25)19(18)15-31-22(30)27-23(2,3)16-32-24(4,5)12-14-29;1-17-10-4-5-14(18-2)15(21)20-13-8-6-12(7-9-13)11-23-16(22)19-3;1-4-5-6-10(13)11-9(7-12)8(2)3;1-3-4-2;2*1-2;2-1-3;1-2;/h14,17-19H,7-13,15-16,25-26H2,1-6H3;6-9,14,17-18H,4-5,10-11H2,1-3H3,(H,19,22)(H,20,21);7-9H,4-6H2,1-3H3,(H,11,13);3-4H2,1-2H3;2*1-2H3;1H,(H2,2,3);2H,1H3;/q;;;;;;;-1;/p+1/b21-20-;;;;;;;;. The summed E-state index contributed by atoms with van der Waals surface area (Å²) in [4.78, 5) is 76.7. The van der Waals surface area contributed by atoms with Crippen LogP contribution in [-0.2, 0) is 77.5 Å². The van der Waals surface area contributed by atoms with Crippen LogP contribution in [-0.4, -0.2) is 132 Å². The Hall–Kier alpha value is -4.09. The summed E-state index contributed by atoms with van der Waals surface area (Å²) in [5.74, 6) is 8.13. The fourth-order valence-electron chi connectivity index (χ4n) is 7.87. The van der Waals surface area contributed by atoms with Crippen molar-refractivity contribution in [2.24, 2.45) is 41.0 Å². The summed E-state index contributed by atoms with van der Waals surface area (Å²) < 4.78 is 16.7. The smallest absolute Gasteiger partial charge is 0.407 e. The van der Waals surface area contributed by atoms with Crippen LogP contribution in [0.5, 0.6) is 0 Å². The van der Waals surface area contributed by atoms with E-state index >= 15 is 0 Å². The van der Waals surface area contributed by atoms with Crippen molar-refractivity contribution in [2.75, 3.05) is 66.9 Å². The number of primary amides is 1. The molecule has 1 saturated carbocycles. The number of rotatable bonds is 27. The van der Waals surface area contributed by atoms with Crippen molar-refractivity contribution in [3.63, 3.8) is 0 Å². The number of hydrogen-bond acceptors (Lipinski definition) is 14. The second-order valence-corrected chi connectivity index (χ2v) is 20.9. The maximum absolute atomic E-state index is 12.4. The zero-order valence-electron chi connectivity index (χ0n) is 54.6. The van der Waals surface area contributed by atoms with Gasteiger partial charge in [0.25, 0.3) is 0 Å². The number of nitrogens with one attached hydrogen (secondary N) is 7. The van der Waals surface area contributed by atoms with Crippen LogP contribution in [0.25, 0.3) is 5.73 Å². The Morgan fingerprint density at radius 1 is 0.829 bits per heavy atom. The van der Waals surface area contributed by atoms with Crippen molar-refractivity contribution in [3.8, 4) is 0 Å². The van der Waals surface area contributed by atoms with E-state index in [1.165, 1.54) is 26.9 Å². The summed E-state index contributed by atoms with van der Waals surface area (Å²) in [6.07, 6.45) is 12.9. The van der Waals surface area contributed by atoms with Gasteiger partial charge in [0, 0.05) is 64.7 Å². The summed E-state index contributed by atoms with van der Waals surface area (Å²) in [7, 11) is 8.47. The van der Waals surface area contributed by atoms with Gasteiger partial charge in [0.1, 0.15) is 31.4 Å². The molecular formula is C60H119N11O10Y. The minimum atomic E-state index is -0.599. The SMILES string of the molecule is CC.CC.CCCC.CCCCC(=O)NC(C=O)C(C)C.CCC[N+](C)(N)/C1=C(\N)CCC2C(CC1)C2COC(=O)NC(C)(C)COC(C)(C)CC=O.CNCCCC(NC)C(=O)Nc1ccc(COC(=O)NC)cc1.C[NH-].NC=O.[Y]. The van der Waals surface area contributed by atoms with E-state index < -0.39 is 23.3 Å². The van der Waals surface area contributed by atoms with Gasteiger partial charge in [-0.3, -0.25) is 14.4 Å². The Labute approximate surface area is 522 Å². The van der Waals surface area contributed by atoms with Gasteiger partial charge in [-0.15, -0.1) is 0 Å². The van der Waals surface area contributed by atoms with E-state index in [1.54, 1.807) is 19.2 Å². The van der Waals surface area contributed by atoms with Crippen LogP contribution in [0.1, 0.15) is 186 Å². The number of nitrogens with two attached hydrogens (primary N) is 3. The average molecular weight is 1240 g/mol. The maximum atomic E-state index is 12.4. The van der Waals surface area contributed by atoms with Crippen molar-refractivity contribution in [1.82, 2.24) is 26.6 Å². The van der Waals surface area contributed by atoms with Gasteiger partial charge in [0.2, 0.25) is 18.2 Å². The van der Waals surface area contributed by atoms with Gasteiger partial charge < -0.3 is 72.9 Å². The monoisotopic (exact) mass is 1240 g/mol. The minimum absolute atomic E-state index is 0. The van der Waals surface area contributed by atoms with Crippen molar-refractivity contribution in [3.05, 3.63) is 47.0 Å². The third kappa shape index (κ3) is 44.4. The molecule has 0 saturated heterocycles. The summed E-state index contributed by atoms with van der Waals surface area (Å²) >= 11 is 0. The molecule has 6 unspecified atom stereocenters. The second-order valence-electron chi connectivity index (χ2n) is 20.9. The maximum Gasteiger partial charge on any atom is 0.407 e. The predicted octanol–water partition coefficient (Wildman–Crippen LogP) is 9.42. The summed E-state index contributed by atoms with van der Waals surface area (Å²) in [6, 6.07) is 6.66. The molecule has 1 aromatic rings. The van der Waals surface area contributed by atoms with Gasteiger partial charge in [-0.1, -0.05) is 101 Å². The zero-order chi connectivity index (χ0) is 63.6. The van der Waals surface area contributed by atoms with Crippen molar-refractivity contribution in [1.29, 1.82) is 0 Å². The topological polar surface area (TPSA) is 321 Å². The summed E-state index contributed by atoms with van der Waals surface area (Å²) in [5.41, 5.74) is 18.8. The van der Waals surface area contributed by atoms with Crippen molar-refractivity contribution in [2.45, 2.75) is 210 Å². The molecule has 6 atom stereocenters. The van der Waals surface area contributed by atoms with Crippen LogP contribution in [0.15, 0.2) is 35.7 Å². The van der Waals surface area contributed by atoms with E-state index in [9.17, 15) is 28.8 Å². The summed E-state index contributed by atoms with van der Waals surface area (Å²) in [6.45, 7) is 30.5. The molecule has 1 aromatic carbocycles. The Kier molecular flexibility index (Phi) is 59.6. The molecule has 82 heavy (non-hydrogen) atoms. The number of amides is 5. The van der Waals surface area contributed by atoms with Crippen LogP contribution < -0.4 is 49.2 Å². The largest absolute Gasteiger partial charge is 0.680 e. The zero-order valence-corrected chi connectivity index (χ0v) is 57.4. The number of fused-ring (bicyclic) bond motifs is 1. The molecule has 21 nitrogen and oxygen atoms in total. The molecule has 2 aliphatic rings. The Morgan fingerprint density at radius 2 is 1.38 bits per heavy atom. The van der Waals surface area contributed by atoms with Crippen molar-refractivity contribution < 1.29 is 85.1 Å². The molecule has 0 aliphatic heterocycles. The third-order valence-electron chi connectivity index (χ3n) is 12.7. The number of carbonyl (C=O) groups excluding carboxylic acids is 7. The Morgan fingerprint density at radius 3 is 1.83 bits per heavy atom. The number of nitrogens with zero attached hydrogens (tertiary/aromatic N) is 1. The number of quaternary nitrogens is 1. The average Bonchev–Trinajstić information content (AvgIpc) is 4.11. The molecule has 0 spiro atoms. The van der Waals surface area contributed by atoms with E-state index in [0.717, 1.165) is 100 Å². The van der Waals surface area contributed by atoms with Crippen LogP contribution in [0.3, 0.4) is 0 Å². The molecule has 5 amide bonds. The molecule has 477 valence electrons. The number of aldehydes is 2. The first-order chi connectivity index (χ1) is 38.4. The quantitative estimate of drug-likeness (QED) is 0.0130. The van der Waals surface area contributed by atoms with Crippen LogP contribution in [0.4, 0.5) is 15.3 Å². The normalized spacial score (nSPS) is 16.9. The van der Waals surface area contributed by atoms with Gasteiger partial charge in [-0.2, -0.15) is 12.9 Å². The number of unbranched alkanes of at least 4 members (excludes halogenated alkanes) is 2. The predicted molar refractivity (Wildman–Crippen MR) is 331 cm³/mol. The number of benzene rings is 1. The molecule has 0 heterocycles. The molecule has 1 fully saturated rings. The van der Waals surface area contributed by atoms with Crippen molar-refractivity contribution >= 4 is 48.7 Å². The first-order valence-electron chi connectivity index (χ1n) is 29.5. The molecule has 22 heteroatoms. The number of anilines is 1. The number of hydrogen-bond donors (Lipinski definition) is 9. The molecule has 0 aromatic heterocycles. The number of ether oxygens (including phenoxy) is 3. The fraction of sp³-hybridized carbons (Fsp3) is 0.750. The van der Waals surface area contributed by atoms with E-state index in [4.69, 9.17) is 36.3 Å². The van der Waals surface area contributed by atoms with E-state index in [0.29, 0.717) is 54.1 Å². The minimum Gasteiger partial charge on any atom is -0.680 e. The Balaban J connectivity index is -0.000000252. The number of carbonyl (C=O) groups is 7. The summed E-state index contributed by atoms with van der Waals surface area (Å²) in [5, 5.41) is 16.9. The molecule has 1 radical (unpaired) electrons. The van der Waals surface area contributed by atoms with Crippen LogP contribution in [0, 0.1) is 23.7 Å². The number of allylic oxidation sites excluding steroid dienone is 2. The van der Waals surface area contributed by atoms with Crippen LogP contribution in [0.2, 0.25) is 0 Å². The van der Waals surface area contributed by atoms with E-state index in [2.05, 4.69) is 58.4 Å². The van der Waals surface area contributed by atoms with Gasteiger partial charge in [0.15, 0.2) is 0 Å². The van der Waals surface area contributed by atoms with Gasteiger partial charge >= 0.3 is 12.2 Å².